The van der Waals surface area contributed by atoms with Crippen molar-refractivity contribution in [1.29, 1.82) is 0 Å². The first-order valence-corrected chi connectivity index (χ1v) is 12.0. The van der Waals surface area contributed by atoms with Crippen LogP contribution in [0.15, 0.2) is 54.7 Å². The average Bonchev–Trinajstić information content (AvgIpc) is 3.45. The van der Waals surface area contributed by atoms with Gasteiger partial charge in [0.05, 0.1) is 18.8 Å². The van der Waals surface area contributed by atoms with Gasteiger partial charge in [-0.25, -0.2) is 4.98 Å². The average molecular weight is 471 g/mol. The van der Waals surface area contributed by atoms with Crippen molar-refractivity contribution in [3.05, 3.63) is 71.4 Å². The van der Waals surface area contributed by atoms with E-state index in [4.69, 9.17) is 4.74 Å². The maximum absolute atomic E-state index is 13.1. The number of amides is 3. The number of nitrogens with one attached hydrogen (secondary N) is 1. The number of pyridine rings is 1. The molecule has 2 fully saturated rings. The summed E-state index contributed by atoms with van der Waals surface area (Å²) in [6.07, 6.45) is 8.11. The van der Waals surface area contributed by atoms with Crippen molar-refractivity contribution in [3.8, 4) is 0 Å². The Hall–Kier alpha value is -3.78. The Balaban J connectivity index is 1.14. The molecule has 2 aromatic rings. The molecular formula is C27H26N4O4. The van der Waals surface area contributed by atoms with Crippen LogP contribution in [0.1, 0.15) is 27.9 Å². The predicted octanol–water partition coefficient (Wildman–Crippen LogP) is 2.45. The maximum atomic E-state index is 13.1. The van der Waals surface area contributed by atoms with E-state index in [9.17, 15) is 14.4 Å². The van der Waals surface area contributed by atoms with Crippen LogP contribution in [0.2, 0.25) is 0 Å². The first kappa shape index (κ1) is 21.7. The quantitative estimate of drug-likeness (QED) is 0.696. The topological polar surface area (TPSA) is 91.8 Å². The molecule has 1 aromatic heterocycles. The molecule has 0 bridgehead atoms. The number of allylic oxidation sites excluding steroid dienone is 1. The smallest absolute Gasteiger partial charge is 0.258 e. The Morgan fingerprint density at radius 3 is 2.86 bits per heavy atom. The van der Waals surface area contributed by atoms with Crippen molar-refractivity contribution in [1.82, 2.24) is 14.8 Å². The second-order valence-electron chi connectivity index (χ2n) is 9.51. The minimum atomic E-state index is -0.655. The Labute approximate surface area is 203 Å². The first-order valence-electron chi connectivity index (χ1n) is 12.0. The molecule has 8 heteroatoms. The van der Waals surface area contributed by atoms with Crippen LogP contribution in [0.3, 0.4) is 0 Å². The summed E-state index contributed by atoms with van der Waals surface area (Å²) in [4.78, 5) is 46.2. The van der Waals surface area contributed by atoms with E-state index in [1.807, 2.05) is 11.0 Å². The number of morpholine rings is 1. The summed E-state index contributed by atoms with van der Waals surface area (Å²) in [5.41, 5.74) is 3.60. The van der Waals surface area contributed by atoms with Crippen LogP contribution in [0.5, 0.6) is 0 Å². The zero-order chi connectivity index (χ0) is 23.9. The van der Waals surface area contributed by atoms with Gasteiger partial charge in [-0.2, -0.15) is 0 Å². The molecule has 4 heterocycles. The lowest BCUT2D eigenvalue weighted by molar-refractivity contribution is -0.125. The van der Waals surface area contributed by atoms with E-state index in [0.29, 0.717) is 36.1 Å². The number of nitrogens with zero attached hydrogens (tertiary/aromatic N) is 3. The van der Waals surface area contributed by atoms with E-state index in [1.54, 1.807) is 24.4 Å². The summed E-state index contributed by atoms with van der Waals surface area (Å²) in [5, 5.41) is 2.73. The number of rotatable bonds is 3. The molecule has 35 heavy (non-hydrogen) atoms. The number of carbonyl (C=O) groups excluding carboxylic acids is 3. The molecule has 0 spiro atoms. The van der Waals surface area contributed by atoms with Gasteiger partial charge in [-0.15, -0.1) is 0 Å². The Morgan fingerprint density at radius 1 is 1.17 bits per heavy atom. The molecule has 2 saturated heterocycles. The largest absolute Gasteiger partial charge is 0.377 e. The first-order chi connectivity index (χ1) is 17.1. The lowest BCUT2D eigenvalue weighted by Crippen LogP contribution is -2.52. The van der Waals surface area contributed by atoms with Crippen LogP contribution in [-0.2, 0) is 14.3 Å². The van der Waals surface area contributed by atoms with Crippen molar-refractivity contribution in [2.45, 2.75) is 12.5 Å². The maximum Gasteiger partial charge on any atom is 0.258 e. The molecule has 6 rings (SSSR count). The van der Waals surface area contributed by atoms with Gasteiger partial charge in [0.1, 0.15) is 11.9 Å². The molecule has 3 unspecified atom stereocenters. The lowest BCUT2D eigenvalue weighted by atomic mass is 9.98. The van der Waals surface area contributed by atoms with Crippen molar-refractivity contribution in [2.75, 3.05) is 38.2 Å². The fourth-order valence-corrected chi connectivity index (χ4v) is 5.48. The molecule has 4 aliphatic rings. The van der Waals surface area contributed by atoms with Gasteiger partial charge in [-0.3, -0.25) is 14.4 Å². The minimum Gasteiger partial charge on any atom is -0.377 e. The van der Waals surface area contributed by atoms with Crippen LogP contribution in [-0.4, -0.2) is 71.4 Å². The number of ether oxygens (including phenoxy) is 1. The molecule has 1 aliphatic carbocycles. The minimum absolute atomic E-state index is 0.0446. The molecule has 178 valence electrons. The normalized spacial score (nSPS) is 25.6. The summed E-state index contributed by atoms with van der Waals surface area (Å²) < 4.78 is 5.37. The zero-order valence-electron chi connectivity index (χ0n) is 19.2. The van der Waals surface area contributed by atoms with Crippen LogP contribution in [0, 0.1) is 11.8 Å². The number of carbonyl (C=O) groups is 3. The van der Waals surface area contributed by atoms with Crippen molar-refractivity contribution in [2.24, 2.45) is 11.8 Å². The Bertz CT molecular complexity index is 1260. The van der Waals surface area contributed by atoms with E-state index in [1.165, 1.54) is 16.0 Å². The van der Waals surface area contributed by atoms with Gasteiger partial charge in [-0.05, 0) is 47.1 Å². The third-order valence-electron chi connectivity index (χ3n) is 7.34. The second-order valence-corrected chi connectivity index (χ2v) is 9.51. The van der Waals surface area contributed by atoms with E-state index < -0.39 is 6.04 Å². The molecule has 3 amide bonds. The monoisotopic (exact) mass is 470 g/mol. The van der Waals surface area contributed by atoms with Gasteiger partial charge in [0.15, 0.2) is 0 Å². The third-order valence-corrected chi connectivity index (χ3v) is 7.34. The van der Waals surface area contributed by atoms with Gasteiger partial charge in [-0.1, -0.05) is 36.4 Å². The SMILES string of the molecule is O=C1Nc2ncc(C=CC(=O)N3CC4C=C(c5ccccc5)CC4C3)cc2C(=O)N2CCOCC12. The highest BCUT2D eigenvalue weighted by molar-refractivity contribution is 6.09. The van der Waals surface area contributed by atoms with E-state index in [-0.39, 0.29) is 30.1 Å². The van der Waals surface area contributed by atoms with Crippen LogP contribution in [0.4, 0.5) is 5.82 Å². The molecular weight excluding hydrogens is 444 g/mol. The molecule has 3 aliphatic heterocycles. The van der Waals surface area contributed by atoms with E-state index in [2.05, 4.69) is 40.6 Å². The summed E-state index contributed by atoms with van der Waals surface area (Å²) in [6.45, 7) is 2.38. The van der Waals surface area contributed by atoms with E-state index in [0.717, 1.165) is 19.5 Å². The zero-order valence-corrected chi connectivity index (χ0v) is 19.2. The third kappa shape index (κ3) is 4.04. The van der Waals surface area contributed by atoms with Crippen molar-refractivity contribution < 1.29 is 19.1 Å². The number of anilines is 1. The van der Waals surface area contributed by atoms with Gasteiger partial charge < -0.3 is 19.9 Å². The molecule has 1 N–H and O–H groups in total. The fraction of sp³-hybridized carbons (Fsp3) is 0.333. The number of hydrogen-bond acceptors (Lipinski definition) is 5. The van der Waals surface area contributed by atoms with Crippen molar-refractivity contribution >= 4 is 35.2 Å². The highest BCUT2D eigenvalue weighted by Gasteiger charge is 2.39. The molecule has 1 aromatic carbocycles. The summed E-state index contributed by atoms with van der Waals surface area (Å²) in [6, 6.07) is 11.5. The number of benzene rings is 1. The van der Waals surface area contributed by atoms with Crippen LogP contribution < -0.4 is 5.32 Å². The van der Waals surface area contributed by atoms with Crippen LogP contribution >= 0.6 is 0 Å². The summed E-state index contributed by atoms with van der Waals surface area (Å²) in [5.74, 6) is 0.489. The van der Waals surface area contributed by atoms with Gasteiger partial charge >= 0.3 is 0 Å². The highest BCUT2D eigenvalue weighted by Crippen LogP contribution is 2.41. The molecule has 3 atom stereocenters. The lowest BCUT2D eigenvalue weighted by Gasteiger charge is -2.32. The number of hydrogen-bond donors (Lipinski definition) is 1. The molecule has 8 nitrogen and oxygen atoms in total. The van der Waals surface area contributed by atoms with Gasteiger partial charge in [0.2, 0.25) is 5.91 Å². The van der Waals surface area contributed by atoms with Crippen molar-refractivity contribution in [3.63, 3.8) is 0 Å². The summed E-state index contributed by atoms with van der Waals surface area (Å²) >= 11 is 0. The van der Waals surface area contributed by atoms with Crippen LogP contribution in [0.25, 0.3) is 11.6 Å². The predicted molar refractivity (Wildman–Crippen MR) is 130 cm³/mol. The van der Waals surface area contributed by atoms with Gasteiger partial charge in [0.25, 0.3) is 11.8 Å². The number of likely N-dealkylation sites (tertiary alicyclic amines) is 1. The fourth-order valence-electron chi connectivity index (χ4n) is 5.48. The summed E-state index contributed by atoms with van der Waals surface area (Å²) in [7, 11) is 0. The highest BCUT2D eigenvalue weighted by atomic mass is 16.5. The van der Waals surface area contributed by atoms with E-state index >= 15 is 0 Å². The number of fused-ring (bicyclic) bond motifs is 3. The van der Waals surface area contributed by atoms with Gasteiger partial charge in [0, 0.05) is 31.9 Å². The number of aromatic nitrogens is 1. The Kier molecular flexibility index (Phi) is 5.45. The molecule has 0 saturated carbocycles. The second kappa shape index (κ2) is 8.78. The Morgan fingerprint density at radius 2 is 2.03 bits per heavy atom. The standard InChI is InChI=1S/C27H26N4O4/c32-24(30-14-20-11-19(12-21(20)15-30)18-4-2-1-3-5-18)7-6-17-10-22-25(28-13-17)29-26(33)23-16-35-9-8-31(23)27(22)34/h1-7,10-11,13,20-21,23H,8-9,12,14-16H2,(H,28,29,33). The molecule has 0 radical (unpaired) electrons.